The quantitative estimate of drug-likeness (QED) is 0.561. The van der Waals surface area contributed by atoms with Crippen molar-refractivity contribution in [1.29, 1.82) is 0 Å². The molecule has 0 saturated heterocycles. The Hall–Kier alpha value is -0.920. The second-order valence-corrected chi connectivity index (χ2v) is 7.04. The Balaban J connectivity index is 2.15. The van der Waals surface area contributed by atoms with E-state index in [2.05, 4.69) is 0 Å². The first-order chi connectivity index (χ1) is 11.6. The van der Waals surface area contributed by atoms with E-state index in [1.165, 1.54) is 4.90 Å². The summed E-state index contributed by atoms with van der Waals surface area (Å²) in [5.41, 5.74) is 0.779. The molecule has 0 heterocycles. The van der Waals surface area contributed by atoms with Crippen molar-refractivity contribution in [3.63, 3.8) is 0 Å². The first-order valence-corrected chi connectivity index (χ1v) is 8.54. The van der Waals surface area contributed by atoms with Gasteiger partial charge < -0.3 is 5.11 Å². The van der Waals surface area contributed by atoms with Gasteiger partial charge in [0.05, 0.1) is 5.92 Å². The van der Waals surface area contributed by atoms with E-state index in [0.717, 1.165) is 5.56 Å². The van der Waals surface area contributed by atoms with Gasteiger partial charge in [-0.1, -0.05) is 36.8 Å². The number of aliphatic hydroxyl groups excluding tert-OH is 1. The fourth-order valence-electron chi connectivity index (χ4n) is 3.28. The Kier molecular flexibility index (Phi) is 6.68. The zero-order valence-electron chi connectivity index (χ0n) is 13.5. The summed E-state index contributed by atoms with van der Waals surface area (Å²) < 4.78 is 65.5. The van der Waals surface area contributed by atoms with Crippen LogP contribution in [-0.4, -0.2) is 40.3 Å². The zero-order chi connectivity index (χ0) is 18.7. The molecule has 0 bridgehead atoms. The molecule has 25 heavy (non-hydrogen) atoms. The second-order valence-electron chi connectivity index (χ2n) is 6.53. The molecule has 2 nitrogen and oxygen atoms in total. The molecule has 0 aromatic heterocycles. The van der Waals surface area contributed by atoms with E-state index in [0.29, 0.717) is 12.8 Å². The highest BCUT2D eigenvalue weighted by Crippen LogP contribution is 2.39. The molecule has 1 aromatic rings. The fraction of sp³-hybridized carbons (Fsp3) is 0.647. The number of hydrogen-bond acceptors (Lipinski definition) is 2. The minimum absolute atomic E-state index is 0.0490. The lowest BCUT2D eigenvalue weighted by Gasteiger charge is -2.39. The number of benzene rings is 1. The normalized spacial score (nSPS) is 23.7. The molecule has 3 atom stereocenters. The highest BCUT2D eigenvalue weighted by atomic mass is 35.5. The Morgan fingerprint density at radius 1 is 1.12 bits per heavy atom. The molecule has 1 aliphatic rings. The number of alkyl halides is 6. The van der Waals surface area contributed by atoms with E-state index in [4.69, 9.17) is 11.6 Å². The summed E-state index contributed by atoms with van der Waals surface area (Å²) in [7, 11) is 0. The summed E-state index contributed by atoms with van der Waals surface area (Å²) >= 11 is 4.88. The summed E-state index contributed by atoms with van der Waals surface area (Å²) in [6.07, 6.45) is -5.71. The van der Waals surface area contributed by atoms with Gasteiger partial charge in [-0.25, -0.2) is 0 Å². The Morgan fingerprint density at radius 3 is 2.32 bits per heavy atom. The van der Waals surface area contributed by atoms with Crippen LogP contribution in [0.3, 0.4) is 0 Å². The van der Waals surface area contributed by atoms with Crippen LogP contribution in [0.25, 0.3) is 0 Å². The lowest BCUT2D eigenvalue weighted by molar-refractivity contribution is -0.187. The fourth-order valence-corrected chi connectivity index (χ4v) is 3.35. The monoisotopic (exact) mass is 385 g/mol. The van der Waals surface area contributed by atoms with Gasteiger partial charge in [0, 0.05) is 19.1 Å². The predicted molar refractivity (Wildman–Crippen MR) is 85.5 cm³/mol. The van der Waals surface area contributed by atoms with Crippen molar-refractivity contribution in [2.45, 2.75) is 55.9 Å². The van der Waals surface area contributed by atoms with Gasteiger partial charge in [0.15, 0.2) is 0 Å². The molecular formula is C17H21ClF5NO. The van der Waals surface area contributed by atoms with Crippen molar-refractivity contribution in [1.82, 2.24) is 4.90 Å². The molecule has 0 aliphatic heterocycles. The van der Waals surface area contributed by atoms with Crippen LogP contribution in [0.2, 0.25) is 0 Å². The number of halogens is 6. The minimum Gasteiger partial charge on any atom is -0.384 e. The van der Waals surface area contributed by atoms with Crippen molar-refractivity contribution in [2.75, 3.05) is 6.54 Å². The molecule has 3 unspecified atom stereocenters. The maximum Gasteiger partial charge on any atom is 0.391 e. The summed E-state index contributed by atoms with van der Waals surface area (Å²) in [6.45, 7) is -0.305. The second kappa shape index (κ2) is 8.18. The van der Waals surface area contributed by atoms with Crippen molar-refractivity contribution >= 4 is 11.6 Å². The van der Waals surface area contributed by atoms with Crippen LogP contribution in [0.1, 0.15) is 31.2 Å². The molecule has 2 rings (SSSR count). The van der Waals surface area contributed by atoms with E-state index in [-0.39, 0.29) is 19.4 Å². The maximum absolute atomic E-state index is 13.2. The average molecular weight is 386 g/mol. The van der Waals surface area contributed by atoms with Gasteiger partial charge >= 0.3 is 11.6 Å². The Labute approximate surface area is 148 Å². The molecule has 142 valence electrons. The van der Waals surface area contributed by atoms with Gasteiger partial charge in [0.2, 0.25) is 0 Å². The third-order valence-electron chi connectivity index (χ3n) is 4.64. The van der Waals surface area contributed by atoms with Crippen LogP contribution in [0.15, 0.2) is 30.3 Å². The van der Waals surface area contributed by atoms with Crippen molar-refractivity contribution in [3.05, 3.63) is 35.9 Å². The summed E-state index contributed by atoms with van der Waals surface area (Å²) in [4.78, 5) is 1.49. The molecule has 0 spiro atoms. The van der Waals surface area contributed by atoms with Crippen LogP contribution in [-0.2, 0) is 6.54 Å². The van der Waals surface area contributed by atoms with Gasteiger partial charge in [-0.2, -0.15) is 22.0 Å². The topological polar surface area (TPSA) is 23.5 Å². The molecule has 1 aromatic carbocycles. The number of rotatable bonds is 6. The molecule has 8 heteroatoms. The number of hydrogen-bond donors (Lipinski definition) is 1. The van der Waals surface area contributed by atoms with Crippen LogP contribution in [0, 0.1) is 5.92 Å². The van der Waals surface area contributed by atoms with Gasteiger partial charge in [0.1, 0.15) is 6.10 Å². The van der Waals surface area contributed by atoms with Crippen molar-refractivity contribution < 1.29 is 27.1 Å². The average Bonchev–Trinajstić information content (AvgIpc) is 2.53. The predicted octanol–water partition coefficient (Wildman–Crippen LogP) is 4.80. The third-order valence-corrected chi connectivity index (χ3v) is 4.89. The Bertz CT molecular complexity index is 534. The van der Waals surface area contributed by atoms with Crippen LogP contribution >= 0.6 is 11.6 Å². The van der Waals surface area contributed by atoms with E-state index >= 15 is 0 Å². The van der Waals surface area contributed by atoms with Gasteiger partial charge in [-0.3, -0.25) is 4.90 Å². The van der Waals surface area contributed by atoms with Gasteiger partial charge in [-0.05, 0) is 36.4 Å². The van der Waals surface area contributed by atoms with E-state index < -0.39 is 36.2 Å². The lowest BCUT2D eigenvalue weighted by atomic mass is 9.84. The van der Waals surface area contributed by atoms with Gasteiger partial charge in [0.25, 0.3) is 0 Å². The molecular weight excluding hydrogens is 365 g/mol. The maximum atomic E-state index is 13.2. The summed E-state index contributed by atoms with van der Waals surface area (Å²) in [5, 5.41) is 5.82. The molecule has 0 amide bonds. The van der Waals surface area contributed by atoms with Crippen LogP contribution in [0.4, 0.5) is 22.0 Å². The van der Waals surface area contributed by atoms with Crippen LogP contribution in [0.5, 0.6) is 0 Å². The molecule has 1 fully saturated rings. The van der Waals surface area contributed by atoms with Gasteiger partial charge in [-0.15, -0.1) is 0 Å². The number of nitrogens with zero attached hydrogens (tertiary/aromatic N) is 1. The molecule has 1 aliphatic carbocycles. The summed E-state index contributed by atoms with van der Waals surface area (Å²) in [5.74, 6) is -1.45. The van der Waals surface area contributed by atoms with E-state index in [1.807, 2.05) is 0 Å². The molecule has 1 saturated carbocycles. The summed E-state index contributed by atoms with van der Waals surface area (Å²) in [6, 6.07) is 8.31. The molecule has 1 N–H and O–H groups in total. The lowest BCUT2D eigenvalue weighted by Crippen LogP contribution is -2.47. The standard InChI is InChI=1S/C17H21ClF5NO/c18-16(19,20)15(25)11-24(10-12-5-2-1-3-6-12)14-8-4-7-13(9-14)17(21,22)23/h1-3,5-6,13-15,25H,4,7-11H2. The number of aliphatic hydroxyl groups is 1. The highest BCUT2D eigenvalue weighted by molar-refractivity contribution is 6.22. The zero-order valence-corrected chi connectivity index (χ0v) is 14.3. The van der Waals surface area contributed by atoms with Crippen molar-refractivity contribution in [2.24, 2.45) is 5.92 Å². The SMILES string of the molecule is OC(CN(Cc1ccccc1)C1CCCC(C(F)(F)F)C1)C(F)(F)Cl. The minimum atomic E-state index is -4.30. The van der Waals surface area contributed by atoms with Crippen molar-refractivity contribution in [3.8, 4) is 0 Å². The van der Waals surface area contributed by atoms with E-state index in [9.17, 15) is 27.1 Å². The highest BCUT2D eigenvalue weighted by Gasteiger charge is 2.44. The Morgan fingerprint density at radius 2 is 1.76 bits per heavy atom. The third kappa shape index (κ3) is 6.08. The first-order valence-electron chi connectivity index (χ1n) is 8.17. The van der Waals surface area contributed by atoms with Crippen LogP contribution < -0.4 is 0 Å². The first kappa shape index (κ1) is 20.4. The smallest absolute Gasteiger partial charge is 0.384 e. The largest absolute Gasteiger partial charge is 0.391 e. The van der Waals surface area contributed by atoms with E-state index in [1.54, 1.807) is 30.3 Å². The molecule has 0 radical (unpaired) electrons.